The van der Waals surface area contributed by atoms with Crippen LogP contribution in [0.2, 0.25) is 0 Å². The van der Waals surface area contributed by atoms with E-state index in [0.29, 0.717) is 25.2 Å². The predicted octanol–water partition coefficient (Wildman–Crippen LogP) is 0.834. The number of nitriles is 1. The SMILES string of the molecule is CC(N)c1nc(C(=O)N2CCN(CCC#N)CC2)cs1. The van der Waals surface area contributed by atoms with Crippen LogP contribution in [-0.4, -0.2) is 53.4 Å². The van der Waals surface area contributed by atoms with E-state index >= 15 is 0 Å². The number of piperazine rings is 1. The van der Waals surface area contributed by atoms with E-state index in [0.717, 1.165) is 24.6 Å². The predicted molar refractivity (Wildman–Crippen MR) is 77.3 cm³/mol. The normalized spacial score (nSPS) is 17.8. The average molecular weight is 293 g/mol. The molecule has 6 nitrogen and oxygen atoms in total. The zero-order valence-corrected chi connectivity index (χ0v) is 12.4. The number of nitrogens with two attached hydrogens (primary N) is 1. The first-order chi connectivity index (χ1) is 9.61. The molecule has 0 radical (unpaired) electrons. The number of carbonyl (C=O) groups is 1. The van der Waals surface area contributed by atoms with Gasteiger partial charge in [0.15, 0.2) is 0 Å². The number of hydrogen-bond donors (Lipinski definition) is 1. The van der Waals surface area contributed by atoms with Crippen molar-refractivity contribution < 1.29 is 4.79 Å². The second kappa shape index (κ2) is 6.79. The van der Waals surface area contributed by atoms with Gasteiger partial charge < -0.3 is 10.6 Å². The smallest absolute Gasteiger partial charge is 0.273 e. The van der Waals surface area contributed by atoms with Crippen LogP contribution in [-0.2, 0) is 0 Å². The molecule has 1 fully saturated rings. The molecule has 1 atom stereocenters. The quantitative estimate of drug-likeness (QED) is 0.888. The highest BCUT2D eigenvalue weighted by Gasteiger charge is 2.23. The van der Waals surface area contributed by atoms with Crippen molar-refractivity contribution >= 4 is 17.2 Å². The molecule has 20 heavy (non-hydrogen) atoms. The lowest BCUT2D eigenvalue weighted by molar-refractivity contribution is 0.0634. The fourth-order valence-corrected chi connectivity index (χ4v) is 2.89. The Kier molecular flexibility index (Phi) is 5.06. The molecule has 1 unspecified atom stereocenters. The zero-order chi connectivity index (χ0) is 14.5. The van der Waals surface area contributed by atoms with Gasteiger partial charge in [-0.2, -0.15) is 5.26 Å². The highest BCUT2D eigenvalue weighted by Crippen LogP contribution is 2.17. The molecule has 1 aromatic heterocycles. The largest absolute Gasteiger partial charge is 0.335 e. The molecule has 0 aliphatic carbocycles. The van der Waals surface area contributed by atoms with Crippen molar-refractivity contribution in [2.24, 2.45) is 5.73 Å². The summed E-state index contributed by atoms with van der Waals surface area (Å²) in [4.78, 5) is 20.6. The van der Waals surface area contributed by atoms with Gasteiger partial charge in [0.2, 0.25) is 0 Å². The van der Waals surface area contributed by atoms with Crippen molar-refractivity contribution in [2.75, 3.05) is 32.7 Å². The van der Waals surface area contributed by atoms with E-state index in [9.17, 15) is 4.79 Å². The van der Waals surface area contributed by atoms with E-state index < -0.39 is 0 Å². The van der Waals surface area contributed by atoms with Crippen LogP contribution in [0.3, 0.4) is 0 Å². The number of amides is 1. The van der Waals surface area contributed by atoms with E-state index in [-0.39, 0.29) is 11.9 Å². The van der Waals surface area contributed by atoms with E-state index in [2.05, 4.69) is 16.0 Å². The summed E-state index contributed by atoms with van der Waals surface area (Å²) >= 11 is 1.43. The Labute approximate surface area is 122 Å². The third-order valence-electron chi connectivity index (χ3n) is 3.33. The molecule has 1 aliphatic heterocycles. The molecule has 2 N–H and O–H groups in total. The third kappa shape index (κ3) is 3.54. The Bertz CT molecular complexity index is 499. The number of carbonyl (C=O) groups excluding carboxylic acids is 1. The Morgan fingerprint density at radius 3 is 2.80 bits per heavy atom. The lowest BCUT2D eigenvalue weighted by Gasteiger charge is -2.33. The first-order valence-electron chi connectivity index (χ1n) is 6.71. The fourth-order valence-electron chi connectivity index (χ4n) is 2.14. The molecular formula is C13H19N5OS. The van der Waals surface area contributed by atoms with Gasteiger partial charge in [-0.05, 0) is 6.92 Å². The van der Waals surface area contributed by atoms with Crippen molar-refractivity contribution in [3.05, 3.63) is 16.1 Å². The van der Waals surface area contributed by atoms with Gasteiger partial charge in [-0.1, -0.05) is 0 Å². The highest BCUT2D eigenvalue weighted by atomic mass is 32.1. The maximum atomic E-state index is 12.3. The van der Waals surface area contributed by atoms with Gasteiger partial charge in [0, 0.05) is 44.5 Å². The second-order valence-electron chi connectivity index (χ2n) is 4.90. The fraction of sp³-hybridized carbons (Fsp3) is 0.615. The van der Waals surface area contributed by atoms with Crippen molar-refractivity contribution in [2.45, 2.75) is 19.4 Å². The molecule has 108 valence electrons. The molecule has 2 heterocycles. The molecule has 1 amide bonds. The van der Waals surface area contributed by atoms with Gasteiger partial charge >= 0.3 is 0 Å². The van der Waals surface area contributed by atoms with Gasteiger partial charge in [-0.15, -0.1) is 11.3 Å². The summed E-state index contributed by atoms with van der Waals surface area (Å²) < 4.78 is 0. The lowest BCUT2D eigenvalue weighted by atomic mass is 10.2. The molecule has 0 spiro atoms. The van der Waals surface area contributed by atoms with Gasteiger partial charge in [0.25, 0.3) is 5.91 Å². The summed E-state index contributed by atoms with van der Waals surface area (Å²) in [7, 11) is 0. The first-order valence-corrected chi connectivity index (χ1v) is 7.59. The van der Waals surface area contributed by atoms with Crippen molar-refractivity contribution in [3.8, 4) is 6.07 Å². The monoisotopic (exact) mass is 293 g/mol. The van der Waals surface area contributed by atoms with Crippen molar-refractivity contribution in [3.63, 3.8) is 0 Å². The van der Waals surface area contributed by atoms with E-state index in [1.165, 1.54) is 11.3 Å². The zero-order valence-electron chi connectivity index (χ0n) is 11.6. The maximum Gasteiger partial charge on any atom is 0.273 e. The van der Waals surface area contributed by atoms with Crippen LogP contribution in [0.4, 0.5) is 0 Å². The average Bonchev–Trinajstić information content (AvgIpc) is 2.95. The van der Waals surface area contributed by atoms with E-state index in [4.69, 9.17) is 11.0 Å². The summed E-state index contributed by atoms with van der Waals surface area (Å²) in [5, 5.41) is 11.1. The Morgan fingerprint density at radius 1 is 1.55 bits per heavy atom. The van der Waals surface area contributed by atoms with E-state index in [1.54, 1.807) is 5.38 Å². The van der Waals surface area contributed by atoms with Gasteiger partial charge in [-0.3, -0.25) is 9.69 Å². The number of rotatable bonds is 4. The van der Waals surface area contributed by atoms with Crippen LogP contribution in [0.5, 0.6) is 0 Å². The Hall–Kier alpha value is -1.49. The Morgan fingerprint density at radius 2 is 2.25 bits per heavy atom. The third-order valence-corrected chi connectivity index (χ3v) is 4.38. The van der Waals surface area contributed by atoms with Gasteiger partial charge in [-0.25, -0.2) is 4.98 Å². The number of hydrogen-bond acceptors (Lipinski definition) is 6. The second-order valence-corrected chi connectivity index (χ2v) is 5.79. The highest BCUT2D eigenvalue weighted by molar-refractivity contribution is 7.09. The summed E-state index contributed by atoms with van der Waals surface area (Å²) in [6.45, 7) is 5.66. The molecule has 7 heteroatoms. The maximum absolute atomic E-state index is 12.3. The summed E-state index contributed by atoms with van der Waals surface area (Å²) in [5.41, 5.74) is 6.25. The van der Waals surface area contributed by atoms with Crippen LogP contribution in [0.15, 0.2) is 5.38 Å². The molecule has 1 saturated heterocycles. The number of nitrogens with zero attached hydrogens (tertiary/aromatic N) is 4. The van der Waals surface area contributed by atoms with Gasteiger partial charge in [0.05, 0.1) is 12.1 Å². The minimum absolute atomic E-state index is 0.0203. The molecule has 1 aliphatic rings. The minimum Gasteiger partial charge on any atom is -0.335 e. The molecule has 1 aromatic rings. The van der Waals surface area contributed by atoms with Crippen LogP contribution in [0.1, 0.15) is 34.9 Å². The molecule has 2 rings (SSSR count). The van der Waals surface area contributed by atoms with Crippen molar-refractivity contribution in [1.82, 2.24) is 14.8 Å². The molecular weight excluding hydrogens is 274 g/mol. The molecule has 0 aromatic carbocycles. The summed E-state index contributed by atoms with van der Waals surface area (Å²) in [6, 6.07) is 2.01. The lowest BCUT2D eigenvalue weighted by Crippen LogP contribution is -2.48. The van der Waals surface area contributed by atoms with Crippen molar-refractivity contribution in [1.29, 1.82) is 5.26 Å². The number of aromatic nitrogens is 1. The Balaban J connectivity index is 1.89. The van der Waals surface area contributed by atoms with Crippen LogP contribution >= 0.6 is 11.3 Å². The van der Waals surface area contributed by atoms with Gasteiger partial charge in [0.1, 0.15) is 10.7 Å². The standard InChI is InChI=1S/C13H19N5OS/c1-10(15)12-16-11(9-20-12)13(19)18-7-5-17(6-8-18)4-2-3-14/h9-10H,2,4-8,15H2,1H3. The molecule has 0 bridgehead atoms. The van der Waals surface area contributed by atoms with Crippen LogP contribution in [0, 0.1) is 11.3 Å². The van der Waals surface area contributed by atoms with Crippen LogP contribution in [0.25, 0.3) is 0 Å². The topological polar surface area (TPSA) is 86.2 Å². The minimum atomic E-state index is -0.135. The van der Waals surface area contributed by atoms with E-state index in [1.807, 2.05) is 11.8 Å². The summed E-state index contributed by atoms with van der Waals surface area (Å²) in [5.74, 6) is -0.0203. The summed E-state index contributed by atoms with van der Waals surface area (Å²) in [6.07, 6.45) is 0.539. The first kappa shape index (κ1) is 14.9. The number of thiazole rings is 1. The molecule has 0 saturated carbocycles. The van der Waals surface area contributed by atoms with Crippen LogP contribution < -0.4 is 5.73 Å².